The van der Waals surface area contributed by atoms with E-state index in [4.69, 9.17) is 0 Å². The van der Waals surface area contributed by atoms with E-state index in [2.05, 4.69) is 9.32 Å². The third-order valence-corrected chi connectivity index (χ3v) is 2.44. The largest absolute Gasteiger partial charge is 0.416 e. The molecule has 0 spiro atoms. The van der Waals surface area contributed by atoms with Gasteiger partial charge >= 0.3 is 16.5 Å². The van der Waals surface area contributed by atoms with Crippen LogP contribution in [-0.4, -0.2) is 15.0 Å². The van der Waals surface area contributed by atoms with Gasteiger partial charge in [0.15, 0.2) is 0 Å². The second-order valence-electron chi connectivity index (χ2n) is 3.22. The summed E-state index contributed by atoms with van der Waals surface area (Å²) >= 11 is 0. The third-order valence-electron chi connectivity index (χ3n) is 1.94. The predicted octanol–water partition coefficient (Wildman–Crippen LogP) is 1.47. The molecule has 0 aliphatic carbocycles. The maximum Gasteiger partial charge on any atom is 0.416 e. The summed E-state index contributed by atoms with van der Waals surface area (Å²) in [6.07, 6.45) is -4.66. The fourth-order valence-electron chi connectivity index (χ4n) is 1.28. The first kappa shape index (κ1) is 13.9. The first-order valence-corrected chi connectivity index (χ1v) is 5.99. The van der Waals surface area contributed by atoms with E-state index in [1.807, 2.05) is 0 Å². The van der Waals surface area contributed by atoms with Crippen LogP contribution in [0.25, 0.3) is 0 Å². The summed E-state index contributed by atoms with van der Waals surface area (Å²) in [6.45, 7) is -0.425. The molecule has 0 aliphatic rings. The number of nitrogens with two attached hydrogens (primary N) is 1. The van der Waals surface area contributed by atoms with Gasteiger partial charge in [-0.3, -0.25) is 4.18 Å². The molecule has 0 saturated heterocycles. The van der Waals surface area contributed by atoms with Gasteiger partial charge in [0, 0.05) is 0 Å². The first-order chi connectivity index (χ1) is 7.70. The van der Waals surface area contributed by atoms with E-state index in [9.17, 15) is 21.6 Å². The summed E-state index contributed by atoms with van der Waals surface area (Å²) < 4.78 is 62.6. The molecule has 17 heavy (non-hydrogen) atoms. The second-order valence-corrected chi connectivity index (χ2v) is 4.44. The van der Waals surface area contributed by atoms with Crippen LogP contribution >= 0.6 is 0 Å². The first-order valence-electron chi connectivity index (χ1n) is 4.52. The molecule has 0 aliphatic heterocycles. The molecule has 1 aromatic rings. The quantitative estimate of drug-likeness (QED) is 0.899. The lowest BCUT2D eigenvalue weighted by Gasteiger charge is -2.12. The number of benzene rings is 1. The molecule has 2 N–H and O–H groups in total. The molecule has 0 fully saturated rings. The van der Waals surface area contributed by atoms with Crippen molar-refractivity contribution in [2.75, 3.05) is 6.61 Å². The Morgan fingerprint density at radius 2 is 1.82 bits per heavy atom. The molecule has 0 heterocycles. The van der Waals surface area contributed by atoms with Crippen LogP contribution < -0.4 is 5.14 Å². The third kappa shape index (κ3) is 4.72. The summed E-state index contributed by atoms with van der Waals surface area (Å²) in [7, 11) is -4.12. The van der Waals surface area contributed by atoms with Gasteiger partial charge in [-0.15, -0.1) is 0 Å². The average molecular weight is 269 g/mol. The highest BCUT2D eigenvalue weighted by atomic mass is 32.2. The fourth-order valence-corrected chi connectivity index (χ4v) is 1.60. The Morgan fingerprint density at radius 1 is 1.24 bits per heavy atom. The van der Waals surface area contributed by atoms with Crippen LogP contribution in [0.1, 0.15) is 11.1 Å². The Bertz CT molecular complexity index is 485. The number of hydrogen-bond acceptors (Lipinski definition) is 3. The van der Waals surface area contributed by atoms with E-state index in [0.29, 0.717) is 0 Å². The second kappa shape index (κ2) is 5.03. The van der Waals surface area contributed by atoms with Crippen LogP contribution in [0, 0.1) is 0 Å². The minimum atomic E-state index is -4.47. The van der Waals surface area contributed by atoms with Crippen molar-refractivity contribution in [3.8, 4) is 0 Å². The highest BCUT2D eigenvalue weighted by Crippen LogP contribution is 2.31. The molecule has 8 heteroatoms. The highest BCUT2D eigenvalue weighted by Gasteiger charge is 2.32. The number of halogens is 3. The van der Waals surface area contributed by atoms with Crippen molar-refractivity contribution in [2.45, 2.75) is 12.6 Å². The number of hydrogen-bond donors (Lipinski definition) is 1. The molecule has 0 atom stereocenters. The molecular formula is C9H10F3NO3S. The van der Waals surface area contributed by atoms with Gasteiger partial charge in [-0.25, -0.2) is 5.14 Å². The average Bonchev–Trinajstić information content (AvgIpc) is 2.15. The molecule has 0 saturated carbocycles. The molecule has 1 aromatic carbocycles. The molecule has 0 bridgehead atoms. The van der Waals surface area contributed by atoms with Gasteiger partial charge in [0.05, 0.1) is 12.2 Å². The zero-order valence-corrected chi connectivity index (χ0v) is 9.38. The standard InChI is InChI=1S/C9H10F3NO3S/c10-9(11,12)8-4-2-1-3-7(8)5-6-16-17(13,14)15/h1-4H,5-6H2,(H2,13,14,15). The lowest BCUT2D eigenvalue weighted by atomic mass is 10.0. The van der Waals surface area contributed by atoms with Crippen molar-refractivity contribution in [2.24, 2.45) is 5.14 Å². The van der Waals surface area contributed by atoms with Crippen molar-refractivity contribution in [1.82, 2.24) is 0 Å². The van der Waals surface area contributed by atoms with E-state index < -0.39 is 28.7 Å². The maximum absolute atomic E-state index is 12.5. The number of alkyl halides is 3. The summed E-state index contributed by atoms with van der Waals surface area (Å²) in [5.74, 6) is 0. The lowest BCUT2D eigenvalue weighted by molar-refractivity contribution is -0.138. The molecule has 0 amide bonds. The van der Waals surface area contributed by atoms with Gasteiger partial charge in [0.1, 0.15) is 0 Å². The SMILES string of the molecule is NS(=O)(=O)OCCc1ccccc1C(F)(F)F. The van der Waals surface area contributed by atoms with Crippen molar-refractivity contribution in [1.29, 1.82) is 0 Å². The van der Waals surface area contributed by atoms with Gasteiger partial charge in [-0.2, -0.15) is 21.6 Å². The van der Waals surface area contributed by atoms with Gasteiger partial charge < -0.3 is 0 Å². The predicted molar refractivity (Wildman–Crippen MR) is 54.2 cm³/mol. The zero-order chi connectivity index (χ0) is 13.1. The number of rotatable bonds is 4. The minimum absolute atomic E-state index is 0.0383. The van der Waals surface area contributed by atoms with Gasteiger partial charge in [0.25, 0.3) is 0 Å². The Morgan fingerprint density at radius 3 is 2.35 bits per heavy atom. The Kier molecular flexibility index (Phi) is 4.12. The maximum atomic E-state index is 12.5. The monoisotopic (exact) mass is 269 g/mol. The van der Waals surface area contributed by atoms with Gasteiger partial charge in [-0.1, -0.05) is 18.2 Å². The normalized spacial score (nSPS) is 12.7. The fraction of sp³-hybridized carbons (Fsp3) is 0.333. The molecule has 0 unspecified atom stereocenters. The van der Waals surface area contributed by atoms with Crippen LogP contribution in [0.5, 0.6) is 0 Å². The van der Waals surface area contributed by atoms with E-state index in [1.54, 1.807) is 0 Å². The summed E-state index contributed by atoms with van der Waals surface area (Å²) in [5.41, 5.74) is -0.846. The van der Waals surface area contributed by atoms with Crippen molar-refractivity contribution in [3.63, 3.8) is 0 Å². The smallest absolute Gasteiger partial charge is 0.258 e. The Balaban J connectivity index is 2.78. The van der Waals surface area contributed by atoms with Crippen LogP contribution in [0.15, 0.2) is 24.3 Å². The van der Waals surface area contributed by atoms with Crippen LogP contribution in [0.4, 0.5) is 13.2 Å². The van der Waals surface area contributed by atoms with Crippen molar-refractivity contribution >= 4 is 10.3 Å². The Labute approximate surface area is 96.4 Å². The van der Waals surface area contributed by atoms with Crippen molar-refractivity contribution < 1.29 is 25.8 Å². The molecule has 4 nitrogen and oxygen atoms in total. The van der Waals surface area contributed by atoms with E-state index >= 15 is 0 Å². The summed E-state index contributed by atoms with van der Waals surface area (Å²) in [4.78, 5) is 0. The molecule has 1 rings (SSSR count). The van der Waals surface area contributed by atoms with Crippen LogP contribution in [0.3, 0.4) is 0 Å². The van der Waals surface area contributed by atoms with Gasteiger partial charge in [0.2, 0.25) is 0 Å². The van der Waals surface area contributed by atoms with E-state index in [1.165, 1.54) is 18.2 Å². The van der Waals surface area contributed by atoms with E-state index in [0.717, 1.165) is 6.07 Å². The van der Waals surface area contributed by atoms with Crippen LogP contribution in [0.2, 0.25) is 0 Å². The van der Waals surface area contributed by atoms with Crippen molar-refractivity contribution in [3.05, 3.63) is 35.4 Å². The zero-order valence-electron chi connectivity index (χ0n) is 8.57. The van der Waals surface area contributed by atoms with Crippen LogP contribution in [-0.2, 0) is 27.1 Å². The Hall–Kier alpha value is -1.12. The molecule has 0 radical (unpaired) electrons. The van der Waals surface area contributed by atoms with Gasteiger partial charge in [-0.05, 0) is 18.1 Å². The molecule has 0 aromatic heterocycles. The minimum Gasteiger partial charge on any atom is -0.258 e. The van der Waals surface area contributed by atoms with E-state index in [-0.39, 0.29) is 12.0 Å². The molecule has 96 valence electrons. The summed E-state index contributed by atoms with van der Waals surface area (Å²) in [6, 6.07) is 4.87. The summed E-state index contributed by atoms with van der Waals surface area (Å²) in [5, 5.41) is 4.55. The highest BCUT2D eigenvalue weighted by molar-refractivity contribution is 7.84. The topological polar surface area (TPSA) is 69.4 Å². The molecular weight excluding hydrogens is 259 g/mol. The lowest BCUT2D eigenvalue weighted by Crippen LogP contribution is -2.18.